The van der Waals surface area contributed by atoms with Crippen LogP contribution in [0.3, 0.4) is 0 Å². The van der Waals surface area contributed by atoms with Crippen molar-refractivity contribution in [2.75, 3.05) is 12.8 Å². The van der Waals surface area contributed by atoms with Crippen LogP contribution in [0.25, 0.3) is 0 Å². The average Bonchev–Trinajstić information content (AvgIpc) is 2.20. The topological polar surface area (TPSA) is 52.3 Å². The molecule has 0 amide bonds. The molecule has 0 radical (unpaired) electrons. The first-order valence-corrected chi connectivity index (χ1v) is 4.20. The number of ether oxygens (including phenoxy) is 1. The van der Waals surface area contributed by atoms with Crippen molar-refractivity contribution in [1.29, 1.82) is 0 Å². The molecule has 2 N–H and O–H groups in total. The van der Waals surface area contributed by atoms with Gasteiger partial charge in [-0.1, -0.05) is 5.92 Å². The van der Waals surface area contributed by atoms with E-state index in [9.17, 15) is 9.18 Å². The highest BCUT2D eigenvalue weighted by Crippen LogP contribution is 2.16. The second-order valence-electron chi connectivity index (χ2n) is 2.91. The zero-order valence-corrected chi connectivity index (χ0v) is 8.43. The van der Waals surface area contributed by atoms with Crippen LogP contribution in [0.15, 0.2) is 12.1 Å². The number of hydrogen-bond donors (Lipinski definition) is 1. The van der Waals surface area contributed by atoms with Crippen molar-refractivity contribution in [3.05, 3.63) is 29.1 Å². The summed E-state index contributed by atoms with van der Waals surface area (Å²) >= 11 is 0. The molecule has 0 spiro atoms. The van der Waals surface area contributed by atoms with Gasteiger partial charge >= 0.3 is 5.97 Å². The first-order chi connectivity index (χ1) is 7.04. The zero-order chi connectivity index (χ0) is 11.4. The van der Waals surface area contributed by atoms with Crippen LogP contribution in [-0.2, 0) is 9.53 Å². The summed E-state index contributed by atoms with van der Waals surface area (Å²) in [6.07, 6.45) is 0. The van der Waals surface area contributed by atoms with E-state index in [1.54, 1.807) is 6.92 Å². The van der Waals surface area contributed by atoms with Crippen molar-refractivity contribution >= 4 is 11.7 Å². The summed E-state index contributed by atoms with van der Waals surface area (Å²) in [5.74, 6) is 3.56. The van der Waals surface area contributed by atoms with Crippen LogP contribution in [-0.4, -0.2) is 13.1 Å². The molecular formula is C11H10FNO2. The Labute approximate surface area is 87.0 Å². The minimum absolute atomic E-state index is 0.309. The van der Waals surface area contributed by atoms with Crippen LogP contribution in [0.1, 0.15) is 11.1 Å². The predicted molar refractivity (Wildman–Crippen MR) is 54.4 cm³/mol. The van der Waals surface area contributed by atoms with Gasteiger partial charge in [0.15, 0.2) is 0 Å². The van der Waals surface area contributed by atoms with E-state index in [4.69, 9.17) is 5.73 Å². The predicted octanol–water partition coefficient (Wildman–Crippen LogP) is 1.24. The summed E-state index contributed by atoms with van der Waals surface area (Å²) in [5.41, 5.74) is 6.88. The second kappa shape index (κ2) is 4.47. The maximum absolute atomic E-state index is 13.0. The molecule has 78 valence electrons. The highest BCUT2D eigenvalue weighted by atomic mass is 19.1. The third-order valence-electron chi connectivity index (χ3n) is 1.90. The van der Waals surface area contributed by atoms with Crippen molar-refractivity contribution in [1.82, 2.24) is 0 Å². The molecule has 0 fully saturated rings. The summed E-state index contributed by atoms with van der Waals surface area (Å²) in [6.45, 7) is 1.70. The Morgan fingerprint density at radius 2 is 2.20 bits per heavy atom. The monoisotopic (exact) mass is 207 g/mol. The van der Waals surface area contributed by atoms with Gasteiger partial charge in [-0.2, -0.15) is 0 Å². The lowest BCUT2D eigenvalue weighted by atomic mass is 10.1. The Kier molecular flexibility index (Phi) is 3.29. The maximum atomic E-state index is 13.0. The quantitative estimate of drug-likeness (QED) is 0.395. The lowest BCUT2D eigenvalue weighted by Crippen LogP contribution is -1.97. The van der Waals surface area contributed by atoms with Gasteiger partial charge in [0.1, 0.15) is 5.82 Å². The Balaban J connectivity index is 3.13. The lowest BCUT2D eigenvalue weighted by Gasteiger charge is -2.02. The number of hydrogen-bond acceptors (Lipinski definition) is 3. The number of nitrogen functional groups attached to an aromatic ring is 1. The third-order valence-corrected chi connectivity index (χ3v) is 1.90. The molecule has 0 saturated heterocycles. The number of carbonyl (C=O) groups is 1. The highest BCUT2D eigenvalue weighted by molar-refractivity contribution is 5.89. The van der Waals surface area contributed by atoms with E-state index in [2.05, 4.69) is 16.6 Å². The lowest BCUT2D eigenvalue weighted by molar-refractivity contribution is -0.133. The molecular weight excluding hydrogens is 197 g/mol. The fourth-order valence-corrected chi connectivity index (χ4v) is 0.999. The van der Waals surface area contributed by atoms with Crippen LogP contribution >= 0.6 is 0 Å². The van der Waals surface area contributed by atoms with E-state index < -0.39 is 11.8 Å². The van der Waals surface area contributed by atoms with Gasteiger partial charge in [0, 0.05) is 17.2 Å². The van der Waals surface area contributed by atoms with Crippen molar-refractivity contribution in [3.63, 3.8) is 0 Å². The van der Waals surface area contributed by atoms with E-state index in [-0.39, 0.29) is 0 Å². The summed E-state index contributed by atoms with van der Waals surface area (Å²) in [7, 11) is 1.23. The van der Waals surface area contributed by atoms with E-state index in [1.165, 1.54) is 19.2 Å². The molecule has 1 rings (SSSR count). The number of anilines is 1. The van der Waals surface area contributed by atoms with Crippen molar-refractivity contribution in [3.8, 4) is 11.8 Å². The number of methoxy groups -OCH3 is 1. The molecule has 15 heavy (non-hydrogen) atoms. The first kappa shape index (κ1) is 11.1. The van der Waals surface area contributed by atoms with Gasteiger partial charge in [-0.05, 0) is 24.6 Å². The molecule has 0 atom stereocenters. The number of carbonyl (C=O) groups excluding carboxylic acids is 1. The molecule has 0 aliphatic carbocycles. The fraction of sp³-hybridized carbons (Fsp3) is 0.182. The summed E-state index contributed by atoms with van der Waals surface area (Å²) < 4.78 is 17.3. The molecule has 0 unspecified atom stereocenters. The zero-order valence-electron chi connectivity index (χ0n) is 8.43. The standard InChI is InChI=1S/C11H10FNO2/c1-7-8(3-4-11(14)15-2)5-9(12)6-10(7)13/h5-6H,13H2,1-2H3. The van der Waals surface area contributed by atoms with Gasteiger partial charge in [0.25, 0.3) is 0 Å². The minimum Gasteiger partial charge on any atom is -0.459 e. The van der Waals surface area contributed by atoms with Crippen LogP contribution in [0.2, 0.25) is 0 Å². The Bertz CT molecular complexity index is 458. The second-order valence-corrected chi connectivity index (χ2v) is 2.91. The van der Waals surface area contributed by atoms with Crippen LogP contribution in [0, 0.1) is 24.6 Å². The third kappa shape index (κ3) is 2.71. The number of halogens is 1. The van der Waals surface area contributed by atoms with Crippen molar-refractivity contribution in [2.24, 2.45) is 0 Å². The Hall–Kier alpha value is -2.02. The van der Waals surface area contributed by atoms with Gasteiger partial charge < -0.3 is 10.5 Å². The maximum Gasteiger partial charge on any atom is 0.384 e. The number of esters is 1. The van der Waals surface area contributed by atoms with Crippen molar-refractivity contribution in [2.45, 2.75) is 6.92 Å². The molecule has 3 nitrogen and oxygen atoms in total. The number of nitrogens with two attached hydrogens (primary N) is 1. The van der Waals surface area contributed by atoms with Gasteiger partial charge in [0.2, 0.25) is 0 Å². The molecule has 1 aromatic carbocycles. The normalized spacial score (nSPS) is 9.00. The average molecular weight is 207 g/mol. The Morgan fingerprint density at radius 3 is 2.80 bits per heavy atom. The first-order valence-electron chi connectivity index (χ1n) is 4.20. The van der Waals surface area contributed by atoms with Crippen LogP contribution in [0.5, 0.6) is 0 Å². The van der Waals surface area contributed by atoms with Crippen LogP contribution in [0.4, 0.5) is 10.1 Å². The fourth-order valence-electron chi connectivity index (χ4n) is 0.999. The largest absolute Gasteiger partial charge is 0.459 e. The molecule has 1 aromatic rings. The number of benzene rings is 1. The van der Waals surface area contributed by atoms with Gasteiger partial charge in [-0.25, -0.2) is 9.18 Å². The van der Waals surface area contributed by atoms with Crippen molar-refractivity contribution < 1.29 is 13.9 Å². The Morgan fingerprint density at radius 1 is 1.53 bits per heavy atom. The molecule has 0 saturated carbocycles. The molecule has 0 aliphatic rings. The molecule has 0 heterocycles. The minimum atomic E-state index is -0.669. The number of rotatable bonds is 0. The SMILES string of the molecule is COC(=O)C#Cc1cc(F)cc(N)c1C. The van der Waals surface area contributed by atoms with E-state index in [0.717, 1.165) is 0 Å². The van der Waals surface area contributed by atoms with Gasteiger partial charge in [-0.3, -0.25) is 0 Å². The molecule has 0 aromatic heterocycles. The van der Waals surface area contributed by atoms with Gasteiger partial charge in [-0.15, -0.1) is 0 Å². The summed E-state index contributed by atoms with van der Waals surface area (Å²) in [4.78, 5) is 10.7. The smallest absolute Gasteiger partial charge is 0.384 e. The summed E-state index contributed by atoms with van der Waals surface area (Å²) in [6, 6.07) is 2.43. The highest BCUT2D eigenvalue weighted by Gasteiger charge is 2.03. The van der Waals surface area contributed by atoms with Gasteiger partial charge in [0.05, 0.1) is 7.11 Å². The summed E-state index contributed by atoms with van der Waals surface area (Å²) in [5, 5.41) is 0. The molecule has 4 heteroatoms. The van der Waals surface area contributed by atoms with E-state index in [1.807, 2.05) is 0 Å². The van der Waals surface area contributed by atoms with E-state index in [0.29, 0.717) is 16.8 Å². The molecule has 0 bridgehead atoms. The van der Waals surface area contributed by atoms with Crippen LogP contribution < -0.4 is 5.73 Å². The van der Waals surface area contributed by atoms with E-state index >= 15 is 0 Å². The molecule has 0 aliphatic heterocycles.